The summed E-state index contributed by atoms with van der Waals surface area (Å²) in [5, 5.41) is 4.69. The highest BCUT2D eigenvalue weighted by atomic mass is 35.5. The molecule has 0 amide bonds. The van der Waals surface area contributed by atoms with E-state index in [1.165, 1.54) is 14.2 Å². The number of methoxy groups -OCH3 is 2. The number of esters is 2. The molecular formula is C27H37ClN2O7. The number of hydrogen-bond donors (Lipinski definition) is 1. The normalized spacial score (nSPS) is 20.8. The summed E-state index contributed by atoms with van der Waals surface area (Å²) in [6.07, 6.45) is 6.39. The maximum absolute atomic E-state index is 13.2. The second kappa shape index (κ2) is 15.4. The average Bonchev–Trinajstić information content (AvgIpc) is 2.85. The predicted octanol–water partition coefficient (Wildman–Crippen LogP) is 4.77. The van der Waals surface area contributed by atoms with Crippen molar-refractivity contribution in [1.82, 2.24) is 5.48 Å². The van der Waals surface area contributed by atoms with Crippen molar-refractivity contribution in [1.29, 1.82) is 0 Å². The number of hydrogen-bond acceptors (Lipinski definition) is 9. The molecule has 204 valence electrons. The van der Waals surface area contributed by atoms with Gasteiger partial charge < -0.3 is 19.0 Å². The fraction of sp³-hybridized carbons (Fsp3) is 0.519. The first kappa shape index (κ1) is 30.3. The van der Waals surface area contributed by atoms with Gasteiger partial charge in [-0.3, -0.25) is 4.84 Å². The van der Waals surface area contributed by atoms with Gasteiger partial charge in [-0.1, -0.05) is 41.6 Å². The molecule has 0 spiro atoms. The maximum Gasteiger partial charge on any atom is 0.346 e. The molecular weight excluding hydrogens is 500 g/mol. The summed E-state index contributed by atoms with van der Waals surface area (Å²) >= 11 is 6.73. The summed E-state index contributed by atoms with van der Waals surface area (Å²) in [6.45, 7) is 9.17. The zero-order valence-corrected chi connectivity index (χ0v) is 23.0. The number of hydroxylamine groups is 1. The van der Waals surface area contributed by atoms with E-state index >= 15 is 0 Å². The Morgan fingerprint density at radius 1 is 1.22 bits per heavy atom. The third-order valence-electron chi connectivity index (χ3n) is 5.81. The van der Waals surface area contributed by atoms with Gasteiger partial charge in [-0.2, -0.15) is 5.48 Å². The van der Waals surface area contributed by atoms with Crippen LogP contribution < -0.4 is 5.48 Å². The van der Waals surface area contributed by atoms with Gasteiger partial charge in [0, 0.05) is 30.3 Å². The topological polar surface area (TPSA) is 105 Å². The number of carbonyl (C=O) groups excluding carboxylic acids is 2. The summed E-state index contributed by atoms with van der Waals surface area (Å²) in [6, 6.07) is 1.69. The summed E-state index contributed by atoms with van der Waals surface area (Å²) in [5.74, 6) is -0.532. The van der Waals surface area contributed by atoms with Gasteiger partial charge in [0.15, 0.2) is 0 Å². The van der Waals surface area contributed by atoms with E-state index in [9.17, 15) is 9.59 Å². The van der Waals surface area contributed by atoms with Crippen molar-refractivity contribution in [3.63, 3.8) is 0 Å². The highest BCUT2D eigenvalue weighted by Crippen LogP contribution is 2.30. The van der Waals surface area contributed by atoms with Gasteiger partial charge in [-0.05, 0) is 50.3 Å². The monoisotopic (exact) mass is 536 g/mol. The van der Waals surface area contributed by atoms with Crippen LogP contribution in [0.1, 0.15) is 59.7 Å². The number of oxime groups is 1. The van der Waals surface area contributed by atoms with Crippen LogP contribution in [0.15, 0.2) is 35.7 Å². The Balaban J connectivity index is 2.48. The third kappa shape index (κ3) is 9.83. The van der Waals surface area contributed by atoms with Crippen LogP contribution in [-0.2, 0) is 35.1 Å². The second-order valence-corrected chi connectivity index (χ2v) is 9.29. The van der Waals surface area contributed by atoms with Crippen molar-refractivity contribution in [3.05, 3.63) is 57.8 Å². The van der Waals surface area contributed by atoms with Crippen LogP contribution in [0.5, 0.6) is 0 Å². The minimum atomic E-state index is -0.561. The number of aryl methyl sites for hydroxylation is 2. The van der Waals surface area contributed by atoms with Crippen molar-refractivity contribution in [2.24, 2.45) is 5.16 Å². The molecule has 1 N–H and O–H groups in total. The zero-order valence-electron chi connectivity index (χ0n) is 22.2. The van der Waals surface area contributed by atoms with Gasteiger partial charge >= 0.3 is 11.9 Å². The van der Waals surface area contributed by atoms with Gasteiger partial charge in [0.1, 0.15) is 18.5 Å². The van der Waals surface area contributed by atoms with E-state index in [1.54, 1.807) is 0 Å². The minimum Gasteiger partial charge on any atom is -0.499 e. The van der Waals surface area contributed by atoms with Gasteiger partial charge in [-0.25, -0.2) is 9.59 Å². The smallest absolute Gasteiger partial charge is 0.346 e. The molecule has 1 aromatic carbocycles. The number of rotatable bonds is 8. The molecule has 1 aliphatic rings. The molecule has 0 bridgehead atoms. The van der Waals surface area contributed by atoms with Crippen molar-refractivity contribution < 1.29 is 33.5 Å². The summed E-state index contributed by atoms with van der Waals surface area (Å²) < 4.78 is 15.4. The van der Waals surface area contributed by atoms with E-state index in [4.69, 9.17) is 30.7 Å². The lowest BCUT2D eigenvalue weighted by Gasteiger charge is -2.22. The largest absolute Gasteiger partial charge is 0.499 e. The maximum atomic E-state index is 13.2. The van der Waals surface area contributed by atoms with E-state index in [0.717, 1.165) is 17.5 Å². The molecule has 1 heterocycles. The number of benzene rings is 1. The lowest BCUT2D eigenvalue weighted by Crippen LogP contribution is -2.33. The Bertz CT molecular complexity index is 1020. The third-order valence-corrected chi connectivity index (χ3v) is 6.33. The van der Waals surface area contributed by atoms with Crippen molar-refractivity contribution in [2.75, 3.05) is 27.4 Å². The van der Waals surface area contributed by atoms with Crippen LogP contribution in [0.25, 0.3) is 0 Å². The number of fused-ring (bicyclic) bond motifs is 1. The molecule has 2 unspecified atom stereocenters. The van der Waals surface area contributed by atoms with E-state index in [0.29, 0.717) is 46.9 Å². The van der Waals surface area contributed by atoms with Gasteiger partial charge in [-0.15, -0.1) is 0 Å². The molecule has 0 aliphatic carbocycles. The first-order chi connectivity index (χ1) is 17.7. The highest BCUT2D eigenvalue weighted by Gasteiger charge is 2.25. The zero-order chi connectivity index (χ0) is 27.4. The molecule has 37 heavy (non-hydrogen) atoms. The lowest BCUT2D eigenvalue weighted by atomic mass is 9.92. The molecule has 9 nitrogen and oxygen atoms in total. The van der Waals surface area contributed by atoms with Gasteiger partial charge in [0.25, 0.3) is 0 Å². The standard InChI is InChI=1S/C27H37ClN2O7/c1-17-12-18(2)26(28)23-14-22(30-36-16-24(31)34-6)13-21(29-35-15-20(4)33-5)11-9-7-8-10-19(3)37-27(32)25(17)23/h7-8,12,19,21,29H,4,9-11,13-16H2,1-3,5-6H3/b8-7+,30-22+. The van der Waals surface area contributed by atoms with Crippen LogP contribution in [0.2, 0.25) is 5.02 Å². The number of cyclic esters (lactones) is 1. The summed E-state index contributed by atoms with van der Waals surface area (Å²) in [5.41, 5.74) is 6.20. The van der Waals surface area contributed by atoms with Crippen LogP contribution in [0.3, 0.4) is 0 Å². The highest BCUT2D eigenvalue weighted by molar-refractivity contribution is 6.33. The molecule has 10 heteroatoms. The Morgan fingerprint density at radius 2 is 1.97 bits per heavy atom. The minimum absolute atomic E-state index is 0.171. The number of halogens is 1. The Labute approximate surface area is 223 Å². The average molecular weight is 537 g/mol. The first-order valence-corrected chi connectivity index (χ1v) is 12.5. The quantitative estimate of drug-likeness (QED) is 0.219. The van der Waals surface area contributed by atoms with Crippen molar-refractivity contribution in [3.8, 4) is 0 Å². The summed E-state index contributed by atoms with van der Waals surface area (Å²) in [4.78, 5) is 35.7. The fourth-order valence-electron chi connectivity index (χ4n) is 3.86. The van der Waals surface area contributed by atoms with Crippen LogP contribution in [0, 0.1) is 13.8 Å². The van der Waals surface area contributed by atoms with E-state index in [-0.39, 0.29) is 31.8 Å². The van der Waals surface area contributed by atoms with Crippen LogP contribution in [-0.4, -0.2) is 57.2 Å². The SMILES string of the molecule is C=C(CONC1CC/C=C/CC(C)OC(=O)c2c(C)cc(C)c(Cl)c2C/C(=N/OCC(=O)OC)C1)OC. The molecule has 1 aliphatic heterocycles. The second-order valence-electron chi connectivity index (χ2n) is 8.91. The van der Waals surface area contributed by atoms with Crippen LogP contribution >= 0.6 is 11.6 Å². The van der Waals surface area contributed by atoms with E-state index < -0.39 is 11.9 Å². The molecule has 0 saturated heterocycles. The van der Waals surface area contributed by atoms with E-state index in [1.807, 2.05) is 39.0 Å². The Hall–Kier alpha value is -2.88. The van der Waals surface area contributed by atoms with Gasteiger partial charge in [0.2, 0.25) is 6.61 Å². The first-order valence-electron chi connectivity index (χ1n) is 12.1. The van der Waals surface area contributed by atoms with Crippen molar-refractivity contribution in [2.45, 2.75) is 65.0 Å². The molecule has 0 saturated carbocycles. The van der Waals surface area contributed by atoms with Crippen molar-refractivity contribution >= 4 is 29.3 Å². The Morgan fingerprint density at radius 3 is 2.68 bits per heavy atom. The number of nitrogens with zero attached hydrogens (tertiary/aromatic N) is 1. The molecule has 2 rings (SSSR count). The number of carbonyl (C=O) groups is 2. The number of ether oxygens (including phenoxy) is 3. The Kier molecular flexibility index (Phi) is 12.6. The molecule has 0 aromatic heterocycles. The van der Waals surface area contributed by atoms with Crippen LogP contribution in [0.4, 0.5) is 0 Å². The molecule has 2 atom stereocenters. The fourth-order valence-corrected chi connectivity index (χ4v) is 4.07. The molecule has 0 radical (unpaired) electrons. The van der Waals surface area contributed by atoms with Gasteiger partial charge in [0.05, 0.1) is 25.5 Å². The molecule has 0 fully saturated rings. The number of allylic oxidation sites excluding steroid dienone is 1. The predicted molar refractivity (Wildman–Crippen MR) is 142 cm³/mol. The lowest BCUT2D eigenvalue weighted by molar-refractivity contribution is -0.145. The van der Waals surface area contributed by atoms with E-state index in [2.05, 4.69) is 22.0 Å². The summed E-state index contributed by atoms with van der Waals surface area (Å²) in [7, 11) is 2.80. The molecule has 1 aromatic rings. The number of nitrogens with one attached hydrogen (secondary N) is 1.